The fraction of sp³-hybridized carbons (Fsp3) is 0.429. The van der Waals surface area contributed by atoms with Crippen molar-refractivity contribution in [2.45, 2.75) is 70.6 Å². The first-order chi connectivity index (χ1) is 30.6. The first-order valence-electron chi connectivity index (χ1n) is 21.1. The summed E-state index contributed by atoms with van der Waals surface area (Å²) in [6.07, 6.45) is 13.9. The zero-order chi connectivity index (χ0) is 44.3. The van der Waals surface area contributed by atoms with E-state index >= 15 is 0 Å². The van der Waals surface area contributed by atoms with Gasteiger partial charge in [-0.05, 0) is 93.3 Å². The molecule has 1 aliphatic carbocycles. The third kappa shape index (κ3) is 10.8. The van der Waals surface area contributed by atoms with Gasteiger partial charge < -0.3 is 30.3 Å². The molecule has 2 aliphatic heterocycles. The van der Waals surface area contributed by atoms with E-state index in [1.54, 1.807) is 47.1 Å². The number of carboxylic acids is 1. The van der Waals surface area contributed by atoms with Crippen molar-refractivity contribution >= 4 is 58.0 Å². The minimum Gasteiger partial charge on any atom is -0.481 e. The van der Waals surface area contributed by atoms with Crippen LogP contribution < -0.4 is 20.4 Å². The van der Waals surface area contributed by atoms with Gasteiger partial charge in [0, 0.05) is 37.6 Å². The minimum atomic E-state index is -0.844. The summed E-state index contributed by atoms with van der Waals surface area (Å²) < 4.78 is 6.71. The van der Waals surface area contributed by atoms with Gasteiger partial charge in [-0.25, -0.2) is 29.6 Å². The van der Waals surface area contributed by atoms with Crippen LogP contribution in [0.5, 0.6) is 0 Å². The van der Waals surface area contributed by atoms with Gasteiger partial charge in [0.2, 0.25) is 23.3 Å². The molecule has 2 aromatic carbocycles. The largest absolute Gasteiger partial charge is 0.481 e. The van der Waals surface area contributed by atoms with Crippen LogP contribution in [0.1, 0.15) is 76.2 Å². The molecule has 3 fully saturated rings. The topological polar surface area (TPSA) is 263 Å². The smallest absolute Gasteiger partial charge is 0.353 e. The van der Waals surface area contributed by atoms with Crippen LogP contribution in [0, 0.1) is 32.1 Å². The number of aromatic nitrogens is 7. The summed E-state index contributed by atoms with van der Waals surface area (Å²) in [5.74, 6) is -0.367. The Morgan fingerprint density at radius 2 is 1.22 bits per heavy atom. The van der Waals surface area contributed by atoms with Crippen LogP contribution in [0.4, 0.5) is 46.0 Å². The van der Waals surface area contributed by atoms with Gasteiger partial charge in [0.1, 0.15) is 25.3 Å². The number of aliphatic carboxylic acids is 1. The number of carbonyl (C=O) groups is 2. The molecule has 8 rings (SSSR count). The van der Waals surface area contributed by atoms with E-state index in [9.17, 15) is 29.8 Å². The van der Waals surface area contributed by atoms with Crippen LogP contribution in [0.2, 0.25) is 0 Å². The van der Waals surface area contributed by atoms with E-state index in [-0.39, 0.29) is 46.5 Å². The third-order valence-electron chi connectivity index (χ3n) is 11.6. The Morgan fingerprint density at radius 3 is 1.68 bits per heavy atom. The van der Waals surface area contributed by atoms with Crippen LogP contribution in [-0.2, 0) is 14.3 Å². The Hall–Kier alpha value is -7.32. The van der Waals surface area contributed by atoms with Crippen molar-refractivity contribution in [1.29, 1.82) is 0 Å². The highest BCUT2D eigenvalue weighted by Gasteiger charge is 2.34. The maximum atomic E-state index is 12.0. The number of ether oxygens (including phenoxy) is 1. The van der Waals surface area contributed by atoms with Crippen molar-refractivity contribution in [2.24, 2.45) is 11.8 Å². The van der Waals surface area contributed by atoms with Crippen molar-refractivity contribution < 1.29 is 29.3 Å². The quantitative estimate of drug-likeness (QED) is 0.0613. The maximum Gasteiger partial charge on any atom is 0.353 e. The number of carbonyl (C=O) groups excluding carboxylic acids is 1. The van der Waals surface area contributed by atoms with Gasteiger partial charge in [-0.2, -0.15) is 5.10 Å². The van der Waals surface area contributed by atoms with Gasteiger partial charge in [-0.15, -0.1) is 0 Å². The molecule has 0 bridgehead atoms. The van der Waals surface area contributed by atoms with Gasteiger partial charge in [-0.3, -0.25) is 29.8 Å². The van der Waals surface area contributed by atoms with Gasteiger partial charge in [0.15, 0.2) is 0 Å². The Labute approximate surface area is 362 Å². The number of piperidine rings is 2. The number of rotatable bonds is 13. The predicted octanol–water partition coefficient (Wildman–Crippen LogP) is 6.97. The van der Waals surface area contributed by atoms with E-state index < -0.39 is 21.7 Å². The molecule has 5 aromatic rings. The van der Waals surface area contributed by atoms with E-state index in [0.29, 0.717) is 70.1 Å². The average molecular weight is 864 g/mol. The summed E-state index contributed by atoms with van der Waals surface area (Å²) in [7, 11) is 0. The molecule has 0 radical (unpaired) electrons. The molecule has 0 amide bonds. The molecule has 0 unspecified atom stereocenters. The standard InChI is InChI=1S/C24H31N5O4.C18H18N8O4/c1-2-33-24(30)19-12-14-28(15-13-19)23-21(29(31)32)22(25-16-26-23)27-20-10-8-18(9-11-20)17-6-4-3-5-7-17;27-18(28)12-5-7-24(8-6-12)17-15(26(29)30)16(20-10-21-17)23-13-1-3-14(4-2-13)25-11-19-9-22-25/h8-11,16-17,19H,2-7,12-15H2,1H3,(H,25,26,27);1-4,9-12H,5-8H2,(H,27,28)(H,20,21,23). The fourth-order valence-electron chi connectivity index (χ4n) is 8.23. The number of hydrogen-bond acceptors (Lipinski definition) is 17. The Bertz CT molecular complexity index is 2340. The zero-order valence-electron chi connectivity index (χ0n) is 34.8. The van der Waals surface area contributed by atoms with E-state index in [1.165, 1.54) is 56.6 Å². The lowest BCUT2D eigenvalue weighted by Crippen LogP contribution is -2.37. The van der Waals surface area contributed by atoms with Crippen LogP contribution >= 0.6 is 0 Å². The Balaban J connectivity index is 0.000000190. The second-order valence-electron chi connectivity index (χ2n) is 15.5. The monoisotopic (exact) mass is 863 g/mol. The molecule has 3 N–H and O–H groups in total. The summed E-state index contributed by atoms with van der Waals surface area (Å²) in [5, 5.41) is 43.1. The lowest BCUT2D eigenvalue weighted by molar-refractivity contribution is -0.383. The van der Waals surface area contributed by atoms with Gasteiger partial charge in [0.25, 0.3) is 0 Å². The Morgan fingerprint density at radius 1 is 0.714 bits per heavy atom. The third-order valence-corrected chi connectivity index (χ3v) is 11.6. The number of nitrogens with one attached hydrogen (secondary N) is 2. The molecule has 1 saturated carbocycles. The van der Waals surface area contributed by atoms with Gasteiger partial charge >= 0.3 is 23.3 Å². The highest BCUT2D eigenvalue weighted by Crippen LogP contribution is 2.38. The molecule has 5 heterocycles. The minimum absolute atomic E-state index is 0.0684. The number of anilines is 6. The van der Waals surface area contributed by atoms with Crippen molar-refractivity contribution in [3.05, 3.63) is 99.6 Å². The van der Waals surface area contributed by atoms with E-state index in [2.05, 4.69) is 52.8 Å². The molecule has 63 heavy (non-hydrogen) atoms. The molecule has 3 aromatic heterocycles. The summed E-state index contributed by atoms with van der Waals surface area (Å²) in [6, 6.07) is 15.2. The van der Waals surface area contributed by atoms with Crippen molar-refractivity contribution in [3.63, 3.8) is 0 Å². The average Bonchev–Trinajstić information content (AvgIpc) is 3.85. The second kappa shape index (κ2) is 20.5. The van der Waals surface area contributed by atoms with E-state index in [0.717, 1.165) is 11.4 Å². The number of esters is 1. The van der Waals surface area contributed by atoms with E-state index in [4.69, 9.17) is 9.84 Å². The van der Waals surface area contributed by atoms with Gasteiger partial charge in [-0.1, -0.05) is 31.4 Å². The molecule has 3 aliphatic rings. The number of hydrogen-bond donors (Lipinski definition) is 3. The highest BCUT2D eigenvalue weighted by atomic mass is 16.6. The molecule has 2 saturated heterocycles. The van der Waals surface area contributed by atoms with Crippen molar-refractivity contribution in [3.8, 4) is 5.69 Å². The number of benzene rings is 2. The molecular weight excluding hydrogens is 815 g/mol. The highest BCUT2D eigenvalue weighted by molar-refractivity contribution is 5.77. The SMILES string of the molecule is CCOC(=O)C1CCN(c2ncnc(Nc3ccc(C4CCCCC4)cc3)c2[N+](=O)[O-])CC1.O=C(O)C1CCN(c2ncnc(Nc3ccc(-n4cncn4)cc3)c2[N+](=O)[O-])CC1. The normalized spacial score (nSPS) is 16.1. The summed E-state index contributed by atoms with van der Waals surface area (Å²) in [5.41, 5.74) is 3.08. The van der Waals surface area contributed by atoms with E-state index in [1.807, 2.05) is 17.0 Å². The van der Waals surface area contributed by atoms with Crippen LogP contribution in [0.3, 0.4) is 0 Å². The first-order valence-corrected chi connectivity index (χ1v) is 21.1. The zero-order valence-corrected chi connectivity index (χ0v) is 34.8. The molecule has 330 valence electrons. The van der Waals surface area contributed by atoms with Gasteiger partial charge in [0.05, 0.1) is 34.0 Å². The van der Waals surface area contributed by atoms with Crippen LogP contribution in [-0.4, -0.2) is 94.4 Å². The molecular formula is C42H49N13O8. The fourth-order valence-corrected chi connectivity index (χ4v) is 8.23. The van der Waals surface area contributed by atoms with Crippen molar-refractivity contribution in [1.82, 2.24) is 34.7 Å². The predicted molar refractivity (Wildman–Crippen MR) is 232 cm³/mol. The lowest BCUT2D eigenvalue weighted by atomic mass is 9.84. The van der Waals surface area contributed by atoms with Crippen LogP contribution in [0.25, 0.3) is 5.69 Å². The summed E-state index contributed by atoms with van der Waals surface area (Å²) in [4.78, 5) is 70.0. The molecule has 0 spiro atoms. The number of carboxylic acid groups (broad SMARTS) is 1. The summed E-state index contributed by atoms with van der Waals surface area (Å²) in [6.45, 7) is 3.89. The number of nitrogens with zero attached hydrogens (tertiary/aromatic N) is 11. The Kier molecular flexibility index (Phi) is 14.2. The second-order valence-corrected chi connectivity index (χ2v) is 15.5. The number of nitro groups is 2. The molecule has 21 heteroatoms. The van der Waals surface area contributed by atoms with Crippen molar-refractivity contribution in [2.75, 3.05) is 53.2 Å². The summed E-state index contributed by atoms with van der Waals surface area (Å²) >= 11 is 0. The first kappa shape index (κ1) is 43.8. The molecule has 21 nitrogen and oxygen atoms in total. The lowest BCUT2D eigenvalue weighted by Gasteiger charge is -2.31. The maximum absolute atomic E-state index is 12.0. The molecule has 0 atom stereocenters. The van der Waals surface area contributed by atoms with Crippen LogP contribution in [0.15, 0.2) is 73.8 Å².